The molecule has 0 aliphatic carbocycles. The second-order valence-electron chi connectivity index (χ2n) is 6.71. The Bertz CT molecular complexity index is 926. The molecule has 1 saturated heterocycles. The molecule has 132 valence electrons. The molecule has 0 aromatic heterocycles. The van der Waals surface area contributed by atoms with Crippen LogP contribution in [0.4, 0.5) is 5.69 Å². The van der Waals surface area contributed by atoms with E-state index in [0.717, 1.165) is 11.1 Å². The maximum Gasteiger partial charge on any atom is 0.251 e. The van der Waals surface area contributed by atoms with Crippen molar-refractivity contribution < 1.29 is 13.2 Å². The van der Waals surface area contributed by atoms with Crippen LogP contribution in [-0.4, -0.2) is 31.4 Å². The maximum atomic E-state index is 12.6. The molecule has 1 unspecified atom stereocenters. The summed E-state index contributed by atoms with van der Waals surface area (Å²) >= 11 is 5.91. The average molecular weight is 379 g/mol. The monoisotopic (exact) mass is 378 g/mol. The lowest BCUT2D eigenvalue weighted by molar-refractivity contribution is 0.0915. The third-order valence-electron chi connectivity index (χ3n) is 4.31. The van der Waals surface area contributed by atoms with Crippen LogP contribution in [0, 0.1) is 0 Å². The minimum absolute atomic E-state index is 0.0436. The van der Waals surface area contributed by atoms with E-state index in [1.54, 1.807) is 37.3 Å². The topological polar surface area (TPSA) is 89.3 Å². The van der Waals surface area contributed by atoms with Crippen molar-refractivity contribution in [3.63, 3.8) is 0 Å². The van der Waals surface area contributed by atoms with Crippen molar-refractivity contribution in [1.82, 2.24) is 5.32 Å². The lowest BCUT2D eigenvalue weighted by Crippen LogP contribution is -2.46. The number of carbonyl (C=O) groups is 1. The van der Waals surface area contributed by atoms with Gasteiger partial charge in [0.1, 0.15) is 0 Å². The predicted molar refractivity (Wildman–Crippen MR) is 100 cm³/mol. The maximum absolute atomic E-state index is 12.6. The van der Waals surface area contributed by atoms with Crippen molar-refractivity contribution in [1.29, 1.82) is 0 Å². The third kappa shape index (κ3) is 4.14. The summed E-state index contributed by atoms with van der Waals surface area (Å²) in [6, 6.07) is 12.3. The normalized spacial score (nSPS) is 21.8. The zero-order valence-corrected chi connectivity index (χ0v) is 15.3. The molecule has 5 nitrogen and oxygen atoms in total. The van der Waals surface area contributed by atoms with Gasteiger partial charge in [0, 0.05) is 16.3 Å². The number of amides is 1. The van der Waals surface area contributed by atoms with Gasteiger partial charge in [0.05, 0.1) is 17.0 Å². The van der Waals surface area contributed by atoms with E-state index >= 15 is 0 Å². The van der Waals surface area contributed by atoms with Gasteiger partial charge in [-0.25, -0.2) is 8.42 Å². The Labute approximate surface area is 152 Å². The molecule has 7 heteroatoms. The fraction of sp³-hybridized carbons (Fsp3) is 0.278. The molecule has 0 saturated carbocycles. The Morgan fingerprint density at radius 2 is 1.84 bits per heavy atom. The van der Waals surface area contributed by atoms with Crippen LogP contribution in [0.15, 0.2) is 42.5 Å². The molecular weight excluding hydrogens is 360 g/mol. The van der Waals surface area contributed by atoms with Crippen molar-refractivity contribution in [2.45, 2.75) is 18.9 Å². The van der Waals surface area contributed by atoms with Gasteiger partial charge in [-0.3, -0.25) is 4.79 Å². The van der Waals surface area contributed by atoms with Gasteiger partial charge in [0.2, 0.25) is 0 Å². The van der Waals surface area contributed by atoms with E-state index in [-0.39, 0.29) is 17.4 Å². The Hall–Kier alpha value is -2.05. The molecule has 1 heterocycles. The average Bonchev–Trinajstić information content (AvgIpc) is 2.80. The largest absolute Gasteiger partial charge is 0.399 e. The fourth-order valence-electron chi connectivity index (χ4n) is 3.05. The number of nitrogens with two attached hydrogens (primary N) is 1. The van der Waals surface area contributed by atoms with Gasteiger partial charge in [-0.05, 0) is 54.8 Å². The number of rotatable bonds is 3. The van der Waals surface area contributed by atoms with Crippen LogP contribution in [0.5, 0.6) is 0 Å². The molecule has 1 aliphatic rings. The second kappa shape index (κ2) is 6.35. The fourth-order valence-corrected chi connectivity index (χ4v) is 5.27. The van der Waals surface area contributed by atoms with Crippen LogP contribution in [0.1, 0.15) is 23.7 Å². The first-order chi connectivity index (χ1) is 11.7. The van der Waals surface area contributed by atoms with Crippen LogP contribution in [-0.2, 0) is 9.84 Å². The summed E-state index contributed by atoms with van der Waals surface area (Å²) in [4.78, 5) is 12.6. The first-order valence-electron chi connectivity index (χ1n) is 7.85. The van der Waals surface area contributed by atoms with Gasteiger partial charge in [-0.15, -0.1) is 0 Å². The van der Waals surface area contributed by atoms with Gasteiger partial charge in [-0.1, -0.05) is 23.7 Å². The van der Waals surface area contributed by atoms with Crippen LogP contribution in [0.3, 0.4) is 0 Å². The molecule has 1 amide bonds. The minimum Gasteiger partial charge on any atom is -0.399 e. The van der Waals surface area contributed by atoms with Crippen molar-refractivity contribution >= 4 is 33.0 Å². The molecule has 1 aliphatic heterocycles. The Morgan fingerprint density at radius 3 is 2.44 bits per heavy atom. The van der Waals surface area contributed by atoms with Crippen molar-refractivity contribution in [3.05, 3.63) is 53.1 Å². The van der Waals surface area contributed by atoms with E-state index in [1.807, 2.05) is 12.1 Å². The third-order valence-corrected chi connectivity index (χ3v) is 6.47. The zero-order chi connectivity index (χ0) is 18.2. The Balaban J connectivity index is 1.87. The lowest BCUT2D eigenvalue weighted by atomic mass is 9.99. The summed E-state index contributed by atoms with van der Waals surface area (Å²) < 4.78 is 23.4. The molecule has 0 bridgehead atoms. The molecule has 3 rings (SSSR count). The number of carbonyl (C=O) groups excluding carboxylic acids is 1. The Morgan fingerprint density at radius 1 is 1.16 bits per heavy atom. The molecule has 0 spiro atoms. The van der Waals surface area contributed by atoms with Crippen LogP contribution in [0.2, 0.25) is 5.02 Å². The number of sulfone groups is 1. The first-order valence-corrected chi connectivity index (χ1v) is 10.1. The standard InChI is InChI=1S/C18H19ClN2O3S/c1-18(6-7-25(23,24)11-18)21-17(22)14-8-13(9-16(20)10-14)12-2-4-15(19)5-3-12/h2-5,8-10H,6-7,11,20H2,1H3,(H,21,22). The lowest BCUT2D eigenvalue weighted by Gasteiger charge is -2.24. The molecule has 1 atom stereocenters. The smallest absolute Gasteiger partial charge is 0.251 e. The molecule has 25 heavy (non-hydrogen) atoms. The number of hydrogen-bond donors (Lipinski definition) is 2. The molecular formula is C18H19ClN2O3S. The van der Waals surface area contributed by atoms with Gasteiger partial charge < -0.3 is 11.1 Å². The molecule has 2 aromatic carbocycles. The van der Waals surface area contributed by atoms with Crippen molar-refractivity contribution in [2.24, 2.45) is 0 Å². The minimum atomic E-state index is -3.10. The van der Waals surface area contributed by atoms with Gasteiger partial charge in [-0.2, -0.15) is 0 Å². The number of hydrogen-bond acceptors (Lipinski definition) is 4. The van der Waals surface area contributed by atoms with Crippen LogP contribution < -0.4 is 11.1 Å². The Kier molecular flexibility index (Phi) is 4.51. The van der Waals surface area contributed by atoms with E-state index in [4.69, 9.17) is 17.3 Å². The summed E-state index contributed by atoms with van der Waals surface area (Å²) in [5.41, 5.74) is 7.74. The van der Waals surface area contributed by atoms with Gasteiger partial charge in [0.15, 0.2) is 9.84 Å². The number of nitrogens with one attached hydrogen (secondary N) is 1. The predicted octanol–water partition coefficient (Wildman–Crippen LogP) is 2.90. The highest BCUT2D eigenvalue weighted by atomic mass is 35.5. The molecule has 1 fully saturated rings. The van der Waals surface area contributed by atoms with E-state index in [9.17, 15) is 13.2 Å². The van der Waals surface area contributed by atoms with E-state index in [1.165, 1.54) is 0 Å². The van der Waals surface area contributed by atoms with Crippen LogP contribution >= 0.6 is 11.6 Å². The number of nitrogen functional groups attached to an aromatic ring is 1. The quantitative estimate of drug-likeness (QED) is 0.803. The molecule has 3 N–H and O–H groups in total. The van der Waals surface area contributed by atoms with Crippen molar-refractivity contribution in [3.8, 4) is 11.1 Å². The van der Waals surface area contributed by atoms with E-state index in [2.05, 4.69) is 5.32 Å². The van der Waals surface area contributed by atoms with Gasteiger partial charge >= 0.3 is 0 Å². The SMILES string of the molecule is CC1(NC(=O)c2cc(N)cc(-c3ccc(Cl)cc3)c2)CCS(=O)(=O)C1. The zero-order valence-electron chi connectivity index (χ0n) is 13.8. The second-order valence-corrected chi connectivity index (χ2v) is 9.33. The molecule has 2 aromatic rings. The summed E-state index contributed by atoms with van der Waals surface area (Å²) in [7, 11) is -3.10. The number of anilines is 1. The first kappa shape index (κ1) is 17.8. The summed E-state index contributed by atoms with van der Waals surface area (Å²) in [5.74, 6) is -0.281. The number of benzene rings is 2. The summed E-state index contributed by atoms with van der Waals surface area (Å²) in [5, 5.41) is 3.47. The summed E-state index contributed by atoms with van der Waals surface area (Å²) in [6.45, 7) is 1.75. The van der Waals surface area contributed by atoms with Crippen LogP contribution in [0.25, 0.3) is 11.1 Å². The van der Waals surface area contributed by atoms with E-state index < -0.39 is 15.4 Å². The van der Waals surface area contributed by atoms with Gasteiger partial charge in [0.25, 0.3) is 5.91 Å². The molecule has 0 radical (unpaired) electrons. The highest BCUT2D eigenvalue weighted by Crippen LogP contribution is 2.27. The highest BCUT2D eigenvalue weighted by Gasteiger charge is 2.39. The van der Waals surface area contributed by atoms with Crippen molar-refractivity contribution in [2.75, 3.05) is 17.2 Å². The summed E-state index contributed by atoms with van der Waals surface area (Å²) in [6.07, 6.45) is 0.410. The highest BCUT2D eigenvalue weighted by molar-refractivity contribution is 7.91. The number of halogens is 1. The van der Waals surface area contributed by atoms with E-state index in [0.29, 0.717) is 22.7 Å².